The third kappa shape index (κ3) is 6.70. The van der Waals surface area contributed by atoms with Gasteiger partial charge in [-0.2, -0.15) is 0 Å². The lowest BCUT2D eigenvalue weighted by atomic mass is 10.1. The maximum absolute atomic E-state index is 12.0. The molecule has 1 rings (SSSR count). The molecule has 0 bridgehead atoms. The number of aromatic nitrogens is 1. The zero-order valence-electron chi connectivity index (χ0n) is 13.8. The predicted octanol–water partition coefficient (Wildman–Crippen LogP) is 2.78. The van der Waals surface area contributed by atoms with Crippen LogP contribution in [0.1, 0.15) is 67.2 Å². The average Bonchev–Trinajstić information content (AvgIpc) is 2.51. The van der Waals surface area contributed by atoms with Crippen LogP contribution in [0.2, 0.25) is 0 Å². The van der Waals surface area contributed by atoms with Crippen LogP contribution < -0.4 is 10.6 Å². The summed E-state index contributed by atoms with van der Waals surface area (Å²) in [6.45, 7) is 7.61. The standard InChI is InChI=1S/C17H27N3O2/c1-4-5-6-8-19-16(21)14-10-15(12-18-11-14)17(22)20-9-7-13(2)3/h10-13H,4-9H2,1-3H3,(H,19,21)(H,20,22). The van der Waals surface area contributed by atoms with Gasteiger partial charge in [0, 0.05) is 25.5 Å². The first kappa shape index (κ1) is 18.1. The van der Waals surface area contributed by atoms with Crippen molar-refractivity contribution in [1.82, 2.24) is 15.6 Å². The average molecular weight is 305 g/mol. The van der Waals surface area contributed by atoms with E-state index in [-0.39, 0.29) is 11.8 Å². The molecule has 0 aliphatic rings. The van der Waals surface area contributed by atoms with Gasteiger partial charge in [0.15, 0.2) is 0 Å². The molecule has 0 radical (unpaired) electrons. The van der Waals surface area contributed by atoms with E-state index in [1.54, 1.807) is 6.07 Å². The Bertz CT molecular complexity index is 487. The first-order valence-electron chi connectivity index (χ1n) is 8.06. The number of rotatable bonds is 9. The molecule has 2 N–H and O–H groups in total. The zero-order valence-corrected chi connectivity index (χ0v) is 13.8. The van der Waals surface area contributed by atoms with Crippen LogP contribution in [0.4, 0.5) is 0 Å². The van der Waals surface area contributed by atoms with Crippen LogP contribution >= 0.6 is 0 Å². The van der Waals surface area contributed by atoms with Gasteiger partial charge < -0.3 is 10.6 Å². The number of pyridine rings is 1. The number of nitrogens with one attached hydrogen (secondary N) is 2. The molecule has 0 spiro atoms. The van der Waals surface area contributed by atoms with Crippen molar-refractivity contribution < 1.29 is 9.59 Å². The molecule has 5 nitrogen and oxygen atoms in total. The van der Waals surface area contributed by atoms with Crippen LogP contribution in [0.3, 0.4) is 0 Å². The van der Waals surface area contributed by atoms with Crippen LogP contribution in [-0.4, -0.2) is 29.9 Å². The Kier molecular flexibility index (Phi) is 8.18. The Morgan fingerprint density at radius 2 is 1.64 bits per heavy atom. The van der Waals surface area contributed by atoms with Crippen LogP contribution in [0, 0.1) is 5.92 Å². The second-order valence-corrected chi connectivity index (χ2v) is 5.86. The fourth-order valence-corrected chi connectivity index (χ4v) is 1.94. The van der Waals surface area contributed by atoms with Crippen molar-refractivity contribution in [2.75, 3.05) is 13.1 Å². The highest BCUT2D eigenvalue weighted by atomic mass is 16.2. The number of hydrogen-bond acceptors (Lipinski definition) is 3. The number of hydrogen-bond donors (Lipinski definition) is 2. The summed E-state index contributed by atoms with van der Waals surface area (Å²) < 4.78 is 0. The van der Waals surface area contributed by atoms with Gasteiger partial charge in [0.2, 0.25) is 0 Å². The molecule has 0 fully saturated rings. The van der Waals surface area contributed by atoms with Crippen molar-refractivity contribution >= 4 is 11.8 Å². The van der Waals surface area contributed by atoms with E-state index in [0.717, 1.165) is 25.7 Å². The van der Waals surface area contributed by atoms with E-state index < -0.39 is 0 Å². The lowest BCUT2D eigenvalue weighted by molar-refractivity contribution is 0.0951. The molecule has 0 unspecified atom stereocenters. The second kappa shape index (κ2) is 9.92. The zero-order chi connectivity index (χ0) is 16.4. The van der Waals surface area contributed by atoms with Gasteiger partial charge in [-0.1, -0.05) is 33.6 Å². The van der Waals surface area contributed by atoms with Crippen molar-refractivity contribution in [3.8, 4) is 0 Å². The largest absolute Gasteiger partial charge is 0.352 e. The SMILES string of the molecule is CCCCCNC(=O)c1cncc(C(=O)NCCC(C)C)c1. The molecule has 1 heterocycles. The fourth-order valence-electron chi connectivity index (χ4n) is 1.94. The van der Waals surface area contributed by atoms with Crippen LogP contribution in [0.5, 0.6) is 0 Å². The normalized spacial score (nSPS) is 10.5. The topological polar surface area (TPSA) is 71.1 Å². The highest BCUT2D eigenvalue weighted by molar-refractivity contribution is 5.99. The fraction of sp³-hybridized carbons (Fsp3) is 0.588. The minimum Gasteiger partial charge on any atom is -0.352 e. The molecule has 0 aromatic carbocycles. The molecule has 1 aromatic rings. The van der Waals surface area contributed by atoms with Crippen LogP contribution in [-0.2, 0) is 0 Å². The van der Waals surface area contributed by atoms with Crippen molar-refractivity contribution in [2.24, 2.45) is 5.92 Å². The number of carbonyl (C=O) groups excluding carboxylic acids is 2. The van der Waals surface area contributed by atoms with Gasteiger partial charge >= 0.3 is 0 Å². The Labute approximate surface area is 132 Å². The van der Waals surface area contributed by atoms with Gasteiger partial charge in [-0.15, -0.1) is 0 Å². The summed E-state index contributed by atoms with van der Waals surface area (Å²) in [4.78, 5) is 28.0. The van der Waals surface area contributed by atoms with Gasteiger partial charge in [-0.25, -0.2) is 0 Å². The van der Waals surface area contributed by atoms with Gasteiger partial charge in [0.25, 0.3) is 11.8 Å². The van der Waals surface area contributed by atoms with E-state index in [0.29, 0.717) is 30.1 Å². The quantitative estimate of drug-likeness (QED) is 0.689. The summed E-state index contributed by atoms with van der Waals surface area (Å²) in [6.07, 6.45) is 7.07. The summed E-state index contributed by atoms with van der Waals surface area (Å²) >= 11 is 0. The molecule has 22 heavy (non-hydrogen) atoms. The minimum atomic E-state index is -0.186. The van der Waals surface area contributed by atoms with E-state index in [1.807, 2.05) is 0 Å². The Balaban J connectivity index is 2.53. The van der Waals surface area contributed by atoms with E-state index in [2.05, 4.69) is 36.4 Å². The van der Waals surface area contributed by atoms with Gasteiger partial charge in [0.05, 0.1) is 11.1 Å². The number of carbonyl (C=O) groups is 2. The summed E-state index contributed by atoms with van der Waals surface area (Å²) in [6, 6.07) is 1.59. The van der Waals surface area contributed by atoms with Crippen molar-refractivity contribution in [3.05, 3.63) is 29.6 Å². The summed E-state index contributed by atoms with van der Waals surface area (Å²) in [5.41, 5.74) is 0.845. The summed E-state index contributed by atoms with van der Waals surface area (Å²) in [7, 11) is 0. The monoisotopic (exact) mass is 305 g/mol. The molecule has 0 aliphatic heterocycles. The lowest BCUT2D eigenvalue weighted by Crippen LogP contribution is -2.27. The third-order valence-electron chi connectivity index (χ3n) is 3.34. The molecule has 0 aliphatic carbocycles. The van der Waals surface area contributed by atoms with Crippen LogP contribution in [0.15, 0.2) is 18.5 Å². The van der Waals surface area contributed by atoms with Crippen molar-refractivity contribution in [3.63, 3.8) is 0 Å². The van der Waals surface area contributed by atoms with E-state index in [4.69, 9.17) is 0 Å². The summed E-state index contributed by atoms with van der Waals surface area (Å²) in [5.74, 6) is 0.174. The lowest BCUT2D eigenvalue weighted by Gasteiger charge is -2.08. The Morgan fingerprint density at radius 1 is 1.05 bits per heavy atom. The first-order chi connectivity index (χ1) is 10.5. The molecular formula is C17H27N3O2. The maximum Gasteiger partial charge on any atom is 0.252 e. The molecule has 122 valence electrons. The third-order valence-corrected chi connectivity index (χ3v) is 3.34. The maximum atomic E-state index is 12.0. The highest BCUT2D eigenvalue weighted by Gasteiger charge is 2.11. The molecule has 0 atom stereocenters. The first-order valence-corrected chi connectivity index (χ1v) is 8.06. The molecule has 2 amide bonds. The minimum absolute atomic E-state index is 0.180. The van der Waals surface area contributed by atoms with E-state index in [1.165, 1.54) is 12.4 Å². The smallest absolute Gasteiger partial charge is 0.252 e. The number of amides is 2. The Hall–Kier alpha value is -1.91. The van der Waals surface area contributed by atoms with Gasteiger partial charge in [-0.05, 0) is 24.8 Å². The van der Waals surface area contributed by atoms with Gasteiger partial charge in [0.1, 0.15) is 0 Å². The second-order valence-electron chi connectivity index (χ2n) is 5.86. The van der Waals surface area contributed by atoms with E-state index in [9.17, 15) is 9.59 Å². The molecular weight excluding hydrogens is 278 g/mol. The van der Waals surface area contributed by atoms with Gasteiger partial charge in [-0.3, -0.25) is 14.6 Å². The van der Waals surface area contributed by atoms with Crippen LogP contribution in [0.25, 0.3) is 0 Å². The molecule has 1 aromatic heterocycles. The van der Waals surface area contributed by atoms with Crippen molar-refractivity contribution in [2.45, 2.75) is 46.5 Å². The Morgan fingerprint density at radius 3 is 2.18 bits per heavy atom. The number of nitrogens with zero attached hydrogens (tertiary/aromatic N) is 1. The molecule has 0 saturated heterocycles. The molecule has 5 heteroatoms. The van der Waals surface area contributed by atoms with E-state index >= 15 is 0 Å². The highest BCUT2D eigenvalue weighted by Crippen LogP contribution is 2.04. The summed E-state index contributed by atoms with van der Waals surface area (Å²) in [5, 5.41) is 5.69. The van der Waals surface area contributed by atoms with Crippen molar-refractivity contribution in [1.29, 1.82) is 0 Å². The predicted molar refractivity (Wildman–Crippen MR) is 87.9 cm³/mol. The number of unbranched alkanes of at least 4 members (excludes halogenated alkanes) is 2. The molecule has 0 saturated carbocycles.